The molecule has 0 aromatic heterocycles. The fraction of sp³-hybridized carbons (Fsp3) is 0.368. The standard InChI is InChI=1S/C19H22F2N2O2/c1-25-19-5-2-13(8-18(19)24)10-22-11-14-6-7-23(12-14)15-3-4-16(20)17(21)9-15/h2-5,8-9,14,22,24H,6-7,10-12H2,1H3/t14-/m1/s1. The van der Waals surface area contributed by atoms with Crippen LogP contribution in [0.5, 0.6) is 11.5 Å². The number of anilines is 1. The summed E-state index contributed by atoms with van der Waals surface area (Å²) in [6.07, 6.45) is 1.000. The summed E-state index contributed by atoms with van der Waals surface area (Å²) in [6.45, 7) is 3.12. The molecule has 2 aromatic rings. The predicted octanol–water partition coefficient (Wildman–Crippen LogP) is 3.30. The van der Waals surface area contributed by atoms with Crippen LogP contribution in [0.15, 0.2) is 36.4 Å². The van der Waals surface area contributed by atoms with Gasteiger partial charge in [-0.3, -0.25) is 0 Å². The summed E-state index contributed by atoms with van der Waals surface area (Å²) in [7, 11) is 1.52. The van der Waals surface area contributed by atoms with Gasteiger partial charge in [0, 0.05) is 37.9 Å². The van der Waals surface area contributed by atoms with E-state index < -0.39 is 11.6 Å². The molecule has 0 bridgehead atoms. The fourth-order valence-corrected chi connectivity index (χ4v) is 3.18. The van der Waals surface area contributed by atoms with Crippen LogP contribution in [0.2, 0.25) is 0 Å². The molecular weight excluding hydrogens is 326 g/mol. The Morgan fingerprint density at radius 1 is 1.20 bits per heavy atom. The van der Waals surface area contributed by atoms with E-state index in [2.05, 4.69) is 10.2 Å². The molecule has 1 fully saturated rings. The van der Waals surface area contributed by atoms with Gasteiger partial charge in [0.1, 0.15) is 0 Å². The first kappa shape index (κ1) is 17.5. The average molecular weight is 348 g/mol. The van der Waals surface area contributed by atoms with Crippen molar-refractivity contribution in [3.63, 3.8) is 0 Å². The Hall–Kier alpha value is -2.34. The number of nitrogens with zero attached hydrogens (tertiary/aromatic N) is 1. The van der Waals surface area contributed by atoms with E-state index in [1.165, 1.54) is 19.2 Å². The van der Waals surface area contributed by atoms with Crippen LogP contribution in [0.1, 0.15) is 12.0 Å². The zero-order valence-corrected chi connectivity index (χ0v) is 14.1. The third kappa shape index (κ3) is 4.20. The molecule has 0 unspecified atom stereocenters. The molecule has 25 heavy (non-hydrogen) atoms. The first-order valence-electron chi connectivity index (χ1n) is 8.33. The quantitative estimate of drug-likeness (QED) is 0.841. The summed E-state index contributed by atoms with van der Waals surface area (Å²) in [4.78, 5) is 2.08. The van der Waals surface area contributed by atoms with Gasteiger partial charge in [-0.25, -0.2) is 8.78 Å². The first-order valence-corrected chi connectivity index (χ1v) is 8.33. The van der Waals surface area contributed by atoms with E-state index in [1.807, 2.05) is 6.07 Å². The maximum Gasteiger partial charge on any atom is 0.160 e. The van der Waals surface area contributed by atoms with E-state index in [4.69, 9.17) is 4.74 Å². The molecule has 4 nitrogen and oxygen atoms in total. The zero-order valence-electron chi connectivity index (χ0n) is 14.1. The topological polar surface area (TPSA) is 44.7 Å². The smallest absolute Gasteiger partial charge is 0.160 e. The van der Waals surface area contributed by atoms with Crippen LogP contribution in [0.3, 0.4) is 0 Å². The number of benzene rings is 2. The molecule has 0 saturated carbocycles. The van der Waals surface area contributed by atoms with Crippen molar-refractivity contribution in [2.75, 3.05) is 31.6 Å². The molecule has 6 heteroatoms. The number of ether oxygens (including phenoxy) is 1. The Balaban J connectivity index is 1.48. The zero-order chi connectivity index (χ0) is 17.8. The Labute approximate surface area is 146 Å². The summed E-state index contributed by atoms with van der Waals surface area (Å²) in [5, 5.41) is 13.2. The molecule has 0 radical (unpaired) electrons. The highest BCUT2D eigenvalue weighted by atomic mass is 19.2. The van der Waals surface area contributed by atoms with Gasteiger partial charge in [-0.2, -0.15) is 0 Å². The highest BCUT2D eigenvalue weighted by Gasteiger charge is 2.23. The summed E-state index contributed by atoms with van der Waals surface area (Å²) in [5.41, 5.74) is 1.70. The minimum absolute atomic E-state index is 0.132. The molecule has 2 aromatic carbocycles. The molecular formula is C19H22F2N2O2. The van der Waals surface area contributed by atoms with Gasteiger partial charge < -0.3 is 20.1 Å². The van der Waals surface area contributed by atoms with Gasteiger partial charge in [0.25, 0.3) is 0 Å². The van der Waals surface area contributed by atoms with Crippen molar-refractivity contribution in [2.24, 2.45) is 5.92 Å². The van der Waals surface area contributed by atoms with Crippen LogP contribution in [0, 0.1) is 17.6 Å². The third-order valence-electron chi connectivity index (χ3n) is 4.56. The fourth-order valence-electron chi connectivity index (χ4n) is 3.18. The molecule has 1 atom stereocenters. The highest BCUT2D eigenvalue weighted by molar-refractivity contribution is 5.47. The van der Waals surface area contributed by atoms with Gasteiger partial charge in [-0.15, -0.1) is 0 Å². The minimum Gasteiger partial charge on any atom is -0.504 e. The van der Waals surface area contributed by atoms with E-state index in [0.717, 1.165) is 37.3 Å². The van der Waals surface area contributed by atoms with Crippen molar-refractivity contribution in [2.45, 2.75) is 13.0 Å². The Morgan fingerprint density at radius 2 is 2.04 bits per heavy atom. The van der Waals surface area contributed by atoms with Gasteiger partial charge >= 0.3 is 0 Å². The Morgan fingerprint density at radius 3 is 2.76 bits per heavy atom. The second-order valence-corrected chi connectivity index (χ2v) is 6.34. The summed E-state index contributed by atoms with van der Waals surface area (Å²) in [6, 6.07) is 9.39. The van der Waals surface area contributed by atoms with Crippen LogP contribution < -0.4 is 15.0 Å². The van der Waals surface area contributed by atoms with Crippen LogP contribution in [-0.2, 0) is 6.54 Å². The van der Waals surface area contributed by atoms with Crippen LogP contribution in [0.25, 0.3) is 0 Å². The number of hydrogen-bond acceptors (Lipinski definition) is 4. The minimum atomic E-state index is -0.816. The SMILES string of the molecule is COc1ccc(CNC[C@H]2CCN(c3ccc(F)c(F)c3)C2)cc1O. The Bertz CT molecular complexity index is 739. The van der Waals surface area contributed by atoms with Crippen LogP contribution in [0.4, 0.5) is 14.5 Å². The molecule has 1 heterocycles. The molecule has 1 aliphatic heterocycles. The third-order valence-corrected chi connectivity index (χ3v) is 4.56. The number of halogens is 2. The second-order valence-electron chi connectivity index (χ2n) is 6.34. The molecule has 134 valence electrons. The van der Waals surface area contributed by atoms with Gasteiger partial charge in [-0.1, -0.05) is 6.07 Å². The van der Waals surface area contributed by atoms with Crippen LogP contribution >= 0.6 is 0 Å². The number of hydrogen-bond donors (Lipinski definition) is 2. The van der Waals surface area contributed by atoms with Crippen molar-refractivity contribution in [1.29, 1.82) is 0 Å². The molecule has 0 amide bonds. The van der Waals surface area contributed by atoms with Crippen molar-refractivity contribution >= 4 is 5.69 Å². The monoisotopic (exact) mass is 348 g/mol. The second kappa shape index (κ2) is 7.70. The number of aromatic hydroxyl groups is 1. The number of phenols is 1. The van der Waals surface area contributed by atoms with Crippen LogP contribution in [-0.4, -0.2) is 31.9 Å². The average Bonchev–Trinajstić information content (AvgIpc) is 3.06. The van der Waals surface area contributed by atoms with Gasteiger partial charge in [0.15, 0.2) is 23.1 Å². The lowest BCUT2D eigenvalue weighted by Gasteiger charge is -2.19. The maximum absolute atomic E-state index is 13.4. The van der Waals surface area contributed by atoms with E-state index in [9.17, 15) is 13.9 Å². The lowest BCUT2D eigenvalue weighted by Crippen LogP contribution is -2.26. The van der Waals surface area contributed by atoms with Gasteiger partial charge in [-0.05, 0) is 42.2 Å². The maximum atomic E-state index is 13.4. The normalized spacial score (nSPS) is 17.1. The van der Waals surface area contributed by atoms with E-state index in [0.29, 0.717) is 18.2 Å². The number of methoxy groups -OCH3 is 1. The predicted molar refractivity (Wildman–Crippen MR) is 93.0 cm³/mol. The molecule has 1 saturated heterocycles. The number of rotatable bonds is 6. The van der Waals surface area contributed by atoms with Crippen molar-refractivity contribution < 1.29 is 18.6 Å². The van der Waals surface area contributed by atoms with Crippen molar-refractivity contribution in [3.8, 4) is 11.5 Å². The molecule has 0 aliphatic carbocycles. The summed E-state index contributed by atoms with van der Waals surface area (Å²) in [5.74, 6) is -0.587. The summed E-state index contributed by atoms with van der Waals surface area (Å²) >= 11 is 0. The van der Waals surface area contributed by atoms with Gasteiger partial charge in [0.2, 0.25) is 0 Å². The summed E-state index contributed by atoms with van der Waals surface area (Å²) < 4.78 is 31.4. The van der Waals surface area contributed by atoms with E-state index in [-0.39, 0.29) is 5.75 Å². The largest absolute Gasteiger partial charge is 0.504 e. The number of nitrogens with one attached hydrogen (secondary N) is 1. The van der Waals surface area contributed by atoms with E-state index >= 15 is 0 Å². The van der Waals surface area contributed by atoms with Crippen molar-refractivity contribution in [1.82, 2.24) is 5.32 Å². The van der Waals surface area contributed by atoms with E-state index in [1.54, 1.807) is 18.2 Å². The Kier molecular flexibility index (Phi) is 5.38. The van der Waals surface area contributed by atoms with Crippen molar-refractivity contribution in [3.05, 3.63) is 53.6 Å². The molecule has 1 aliphatic rings. The highest BCUT2D eigenvalue weighted by Crippen LogP contribution is 2.27. The molecule has 0 spiro atoms. The lowest BCUT2D eigenvalue weighted by atomic mass is 10.1. The lowest BCUT2D eigenvalue weighted by molar-refractivity contribution is 0.373. The number of phenolic OH excluding ortho intramolecular Hbond substituents is 1. The first-order chi connectivity index (χ1) is 12.1. The molecule has 3 rings (SSSR count). The molecule has 2 N–H and O–H groups in total. The van der Waals surface area contributed by atoms with Gasteiger partial charge in [0.05, 0.1) is 7.11 Å².